The highest BCUT2D eigenvalue weighted by molar-refractivity contribution is 5.78. The number of ketones is 1. The highest BCUT2D eigenvalue weighted by Crippen LogP contribution is 2.35. The number of rotatable bonds is 16. The zero-order valence-electron chi connectivity index (χ0n) is 16.0. The molecule has 6 heteroatoms. The van der Waals surface area contributed by atoms with Gasteiger partial charge in [-0.3, -0.25) is 9.59 Å². The fraction of sp³-hybridized carbons (Fsp3) is 0.750. The molecule has 1 heterocycles. The molecule has 0 unspecified atom stereocenters. The van der Waals surface area contributed by atoms with Gasteiger partial charge in [0, 0.05) is 25.3 Å². The number of aliphatic carboxylic acids is 1. The van der Waals surface area contributed by atoms with Gasteiger partial charge in [0.1, 0.15) is 5.78 Å². The first-order valence-electron chi connectivity index (χ1n) is 9.82. The lowest BCUT2D eigenvalue weighted by atomic mass is 10.0. The van der Waals surface area contributed by atoms with Crippen LogP contribution in [0.4, 0.5) is 0 Å². The summed E-state index contributed by atoms with van der Waals surface area (Å²) in [7, 11) is 3.77. The van der Waals surface area contributed by atoms with Crippen LogP contribution in [0.1, 0.15) is 77.6 Å². The Kier molecular flexibility index (Phi) is 10.7. The normalized spacial score (nSPS) is 23.3. The molecule has 0 spiro atoms. The highest BCUT2D eigenvalue weighted by atomic mass is 16.6. The van der Waals surface area contributed by atoms with Crippen molar-refractivity contribution in [3.05, 3.63) is 19.2 Å². The molecule has 0 amide bonds. The topological polar surface area (TPSA) is 104 Å². The number of unbranched alkanes of at least 4 members (excludes halogenated alkanes) is 5. The minimum absolute atomic E-state index is 0.195. The zero-order valence-corrected chi connectivity index (χ0v) is 16.0. The lowest BCUT2D eigenvalue weighted by Crippen LogP contribution is -2.87. The first-order chi connectivity index (χ1) is 12.4. The predicted octanol–water partition coefficient (Wildman–Crippen LogP) is 2.32. The number of carbonyl (C=O) groups excluding carboxylic acids is 1. The van der Waals surface area contributed by atoms with E-state index in [1.54, 1.807) is 5.32 Å². The molecule has 3 atom stereocenters. The molecule has 26 heavy (non-hydrogen) atoms. The number of allylic oxidation sites excluding steroid dienone is 1. The molecule has 150 valence electrons. The zero-order chi connectivity index (χ0) is 19.4. The standard InChI is InChI=1S/C20H35NO5/c1-3-15-20(21-2)19(26-20)17(23)13-9-6-8-12-16(22)11-7-4-5-10-14-18(24)25/h3,15,17,19,23H,2,4-14,21H2,1H3,(H,24,25)/b15-3+/t17-,19-,20+/m0/s1. The molecule has 1 fully saturated rings. The maximum absolute atomic E-state index is 11.8. The van der Waals surface area contributed by atoms with E-state index in [4.69, 9.17) is 9.84 Å². The number of carbonyl (C=O) groups is 2. The molecule has 4 N–H and O–H groups in total. The lowest BCUT2D eigenvalue weighted by molar-refractivity contribution is -0.657. The third-order valence-corrected chi connectivity index (χ3v) is 4.87. The van der Waals surface area contributed by atoms with Gasteiger partial charge in [0.05, 0.1) is 6.10 Å². The van der Waals surface area contributed by atoms with Crippen molar-refractivity contribution < 1.29 is 29.9 Å². The molecule has 6 nitrogen and oxygen atoms in total. The predicted molar refractivity (Wildman–Crippen MR) is 99.1 cm³/mol. The van der Waals surface area contributed by atoms with E-state index in [9.17, 15) is 14.7 Å². The summed E-state index contributed by atoms with van der Waals surface area (Å²) in [6.45, 7) is 1.92. The van der Waals surface area contributed by atoms with Crippen LogP contribution in [0, 0.1) is 7.05 Å². The Balaban J connectivity index is 1.98. The summed E-state index contributed by atoms with van der Waals surface area (Å²) in [5.74, 6) is -0.468. The van der Waals surface area contributed by atoms with E-state index in [1.165, 1.54) is 0 Å². The van der Waals surface area contributed by atoms with Crippen molar-refractivity contribution in [3.8, 4) is 0 Å². The van der Waals surface area contributed by atoms with Crippen molar-refractivity contribution >= 4 is 11.8 Å². The van der Waals surface area contributed by atoms with Crippen molar-refractivity contribution in [2.45, 2.75) is 95.5 Å². The van der Waals surface area contributed by atoms with E-state index in [-0.39, 0.29) is 18.3 Å². The Morgan fingerprint density at radius 1 is 1.12 bits per heavy atom. The van der Waals surface area contributed by atoms with Crippen LogP contribution in [0.5, 0.6) is 0 Å². The summed E-state index contributed by atoms with van der Waals surface area (Å²) < 4.78 is 5.59. The second-order valence-corrected chi connectivity index (χ2v) is 7.11. The van der Waals surface area contributed by atoms with Crippen molar-refractivity contribution in [1.82, 2.24) is 0 Å². The minimum atomic E-state index is -0.753. The summed E-state index contributed by atoms with van der Waals surface area (Å²) in [6.07, 6.45) is 11.2. The van der Waals surface area contributed by atoms with Crippen LogP contribution in [-0.4, -0.2) is 39.9 Å². The first kappa shape index (κ1) is 22.8. The van der Waals surface area contributed by atoms with Crippen LogP contribution in [0.15, 0.2) is 12.2 Å². The Morgan fingerprint density at radius 3 is 2.23 bits per heavy atom. The van der Waals surface area contributed by atoms with Gasteiger partial charge in [0.2, 0.25) is 5.72 Å². The number of nitrogens with two attached hydrogens (primary N) is 1. The van der Waals surface area contributed by atoms with Crippen LogP contribution >= 0.6 is 0 Å². The van der Waals surface area contributed by atoms with Gasteiger partial charge in [-0.15, -0.1) is 7.05 Å². The van der Waals surface area contributed by atoms with Gasteiger partial charge in [-0.1, -0.05) is 31.8 Å². The molecule has 0 aromatic heterocycles. The fourth-order valence-corrected chi connectivity index (χ4v) is 3.27. The number of aliphatic hydroxyl groups excluding tert-OH is 1. The van der Waals surface area contributed by atoms with Gasteiger partial charge in [-0.25, -0.2) is 0 Å². The SMILES string of the molecule is [CH2-][NH2+][C@]1(/C=C/C)O[C@H]1[C@@H](O)CCCCCC(=O)CCCCCCC(=O)O. The molecule has 0 aromatic carbocycles. The lowest BCUT2D eigenvalue weighted by Gasteiger charge is -2.11. The molecule has 1 saturated heterocycles. The average Bonchev–Trinajstić information content (AvgIpc) is 3.32. The van der Waals surface area contributed by atoms with Crippen LogP contribution < -0.4 is 5.32 Å². The Bertz CT molecular complexity index is 465. The summed E-state index contributed by atoms with van der Waals surface area (Å²) in [5, 5.41) is 20.5. The second-order valence-electron chi connectivity index (χ2n) is 7.11. The highest BCUT2D eigenvalue weighted by Gasteiger charge is 2.59. The largest absolute Gasteiger partial charge is 0.481 e. The van der Waals surface area contributed by atoms with E-state index in [0.29, 0.717) is 25.7 Å². The number of carboxylic acids is 1. The van der Waals surface area contributed by atoms with Crippen molar-refractivity contribution in [1.29, 1.82) is 0 Å². The number of hydrogen-bond acceptors (Lipinski definition) is 4. The fourth-order valence-electron chi connectivity index (χ4n) is 3.27. The molecule has 0 aromatic rings. The molecule has 1 rings (SSSR count). The monoisotopic (exact) mass is 369 g/mol. The van der Waals surface area contributed by atoms with Gasteiger partial charge in [-0.05, 0) is 32.6 Å². The summed E-state index contributed by atoms with van der Waals surface area (Å²) in [5.41, 5.74) is -0.491. The second kappa shape index (κ2) is 12.2. The quantitative estimate of drug-likeness (QED) is 0.168. The number of Topliss-reactive ketones (excluding diaryl/α,β-unsaturated/α-hetero) is 1. The van der Waals surface area contributed by atoms with E-state index >= 15 is 0 Å². The Labute approximate surface area is 157 Å². The molecular weight excluding hydrogens is 334 g/mol. The van der Waals surface area contributed by atoms with Gasteiger partial charge < -0.3 is 20.3 Å². The van der Waals surface area contributed by atoms with Crippen molar-refractivity contribution in [2.24, 2.45) is 0 Å². The molecule has 0 aliphatic carbocycles. The number of epoxide rings is 1. The van der Waals surface area contributed by atoms with Gasteiger partial charge in [-0.2, -0.15) is 0 Å². The first-order valence-corrected chi connectivity index (χ1v) is 9.82. The Hall–Kier alpha value is -1.24. The maximum Gasteiger partial charge on any atom is 0.303 e. The number of hydrogen-bond donors (Lipinski definition) is 3. The molecule has 1 aliphatic heterocycles. The number of ether oxygens (including phenoxy) is 1. The van der Waals surface area contributed by atoms with E-state index in [1.807, 2.05) is 19.1 Å². The van der Waals surface area contributed by atoms with Crippen molar-refractivity contribution in [2.75, 3.05) is 0 Å². The molecule has 0 radical (unpaired) electrons. The van der Waals surface area contributed by atoms with Crippen molar-refractivity contribution in [3.63, 3.8) is 0 Å². The average molecular weight is 370 g/mol. The molecule has 0 bridgehead atoms. The van der Waals surface area contributed by atoms with Gasteiger partial charge in [0.25, 0.3) is 0 Å². The van der Waals surface area contributed by atoms with Crippen LogP contribution in [0.3, 0.4) is 0 Å². The molecular formula is C20H35NO5. The molecule has 0 saturated carbocycles. The summed E-state index contributed by atoms with van der Waals surface area (Å²) in [6, 6.07) is 0. The summed E-state index contributed by atoms with van der Waals surface area (Å²) in [4.78, 5) is 22.2. The van der Waals surface area contributed by atoms with E-state index < -0.39 is 17.8 Å². The van der Waals surface area contributed by atoms with Crippen LogP contribution in [0.25, 0.3) is 0 Å². The summed E-state index contributed by atoms with van der Waals surface area (Å²) >= 11 is 0. The van der Waals surface area contributed by atoms with E-state index in [2.05, 4.69) is 7.05 Å². The maximum atomic E-state index is 11.8. The number of carboxylic acid groups (broad SMARTS) is 1. The molecule has 1 aliphatic rings. The third-order valence-electron chi connectivity index (χ3n) is 4.87. The van der Waals surface area contributed by atoms with Gasteiger partial charge >= 0.3 is 5.97 Å². The number of aliphatic hydroxyl groups is 1. The smallest absolute Gasteiger partial charge is 0.303 e. The van der Waals surface area contributed by atoms with E-state index in [0.717, 1.165) is 38.5 Å². The Morgan fingerprint density at radius 2 is 1.69 bits per heavy atom. The van der Waals surface area contributed by atoms with Gasteiger partial charge in [0.15, 0.2) is 6.10 Å². The van der Waals surface area contributed by atoms with Crippen LogP contribution in [-0.2, 0) is 14.3 Å². The minimum Gasteiger partial charge on any atom is -0.481 e. The number of quaternary nitrogens is 1. The third kappa shape index (κ3) is 8.43. The van der Waals surface area contributed by atoms with Crippen LogP contribution in [0.2, 0.25) is 0 Å².